The maximum Gasteiger partial charge on any atom is 0.119 e. The Bertz CT molecular complexity index is 565. The number of rotatable bonds is 6. The molecular weight excluding hydrogens is 268 g/mol. The fourth-order valence-electron chi connectivity index (χ4n) is 2.29. The summed E-state index contributed by atoms with van der Waals surface area (Å²) in [6.07, 6.45) is 0.984. The highest BCUT2D eigenvalue weighted by Crippen LogP contribution is 2.29. The highest BCUT2D eigenvalue weighted by Gasteiger charge is 2.18. The Hall–Kier alpha value is -1.39. The van der Waals surface area contributed by atoms with Crippen LogP contribution in [0.2, 0.25) is 0 Å². The molecule has 0 amide bonds. The highest BCUT2D eigenvalue weighted by molar-refractivity contribution is 7.11. The van der Waals surface area contributed by atoms with E-state index in [4.69, 9.17) is 9.72 Å². The van der Waals surface area contributed by atoms with Crippen molar-refractivity contribution in [2.75, 3.05) is 13.7 Å². The molecule has 1 unspecified atom stereocenters. The number of thiazole rings is 1. The fraction of sp³-hybridized carbons (Fsp3) is 0.438. The quantitative estimate of drug-likeness (QED) is 0.880. The Morgan fingerprint density at radius 3 is 2.75 bits per heavy atom. The molecule has 2 aromatic rings. The van der Waals surface area contributed by atoms with Gasteiger partial charge in [-0.3, -0.25) is 0 Å². The van der Waals surface area contributed by atoms with Gasteiger partial charge in [-0.2, -0.15) is 0 Å². The van der Waals surface area contributed by atoms with Crippen LogP contribution in [0.15, 0.2) is 24.3 Å². The third kappa shape index (κ3) is 3.19. The Kier molecular flexibility index (Phi) is 5.15. The Morgan fingerprint density at radius 2 is 2.15 bits per heavy atom. The number of ether oxygens (including phenoxy) is 1. The normalized spacial score (nSPS) is 12.4. The molecule has 108 valence electrons. The molecule has 0 spiro atoms. The molecular formula is C16H22N2OS. The average Bonchev–Trinajstić information content (AvgIpc) is 2.81. The summed E-state index contributed by atoms with van der Waals surface area (Å²) < 4.78 is 5.58. The van der Waals surface area contributed by atoms with Crippen molar-refractivity contribution in [1.29, 1.82) is 0 Å². The Balaban J connectivity index is 2.33. The number of benzene rings is 1. The molecule has 1 N–H and O–H groups in total. The Morgan fingerprint density at radius 1 is 1.35 bits per heavy atom. The molecule has 4 heteroatoms. The summed E-state index contributed by atoms with van der Waals surface area (Å²) in [6, 6.07) is 8.36. The van der Waals surface area contributed by atoms with E-state index in [1.54, 1.807) is 11.3 Å². The zero-order valence-corrected chi connectivity index (χ0v) is 13.4. The van der Waals surface area contributed by atoms with Gasteiger partial charge in [-0.25, -0.2) is 4.98 Å². The first-order valence-corrected chi connectivity index (χ1v) is 7.87. The maximum absolute atomic E-state index is 5.58. The topological polar surface area (TPSA) is 34.1 Å². The van der Waals surface area contributed by atoms with E-state index in [0.29, 0.717) is 6.61 Å². The summed E-state index contributed by atoms with van der Waals surface area (Å²) in [5.74, 6) is 0.911. The monoisotopic (exact) mass is 290 g/mol. The average molecular weight is 290 g/mol. The van der Waals surface area contributed by atoms with E-state index in [2.05, 4.69) is 31.3 Å². The number of hydrogen-bond acceptors (Lipinski definition) is 4. The predicted molar refractivity (Wildman–Crippen MR) is 84.7 cm³/mol. The van der Waals surface area contributed by atoms with Crippen LogP contribution in [-0.2, 0) is 6.42 Å². The molecule has 0 saturated heterocycles. The predicted octanol–water partition coefficient (Wildman–Crippen LogP) is 3.72. The van der Waals surface area contributed by atoms with Crippen LogP contribution >= 0.6 is 11.3 Å². The van der Waals surface area contributed by atoms with Crippen molar-refractivity contribution in [3.05, 3.63) is 45.4 Å². The van der Waals surface area contributed by atoms with E-state index in [-0.39, 0.29) is 6.04 Å². The van der Waals surface area contributed by atoms with Crippen LogP contribution in [-0.4, -0.2) is 18.6 Å². The second-order valence-electron chi connectivity index (χ2n) is 4.64. The van der Waals surface area contributed by atoms with Crippen molar-refractivity contribution in [3.63, 3.8) is 0 Å². The molecule has 0 bridgehead atoms. The van der Waals surface area contributed by atoms with Crippen molar-refractivity contribution >= 4 is 11.3 Å². The fourth-order valence-corrected chi connectivity index (χ4v) is 3.43. The highest BCUT2D eigenvalue weighted by atomic mass is 32.1. The molecule has 1 heterocycles. The summed E-state index contributed by atoms with van der Waals surface area (Å²) in [5.41, 5.74) is 2.39. The zero-order valence-electron chi connectivity index (χ0n) is 12.6. The lowest BCUT2D eigenvalue weighted by Gasteiger charge is -2.15. The van der Waals surface area contributed by atoms with Crippen LogP contribution < -0.4 is 10.1 Å². The van der Waals surface area contributed by atoms with Crippen molar-refractivity contribution in [1.82, 2.24) is 10.3 Å². The van der Waals surface area contributed by atoms with Crippen LogP contribution in [0, 0.1) is 6.92 Å². The molecule has 3 nitrogen and oxygen atoms in total. The molecule has 2 rings (SSSR count). The van der Waals surface area contributed by atoms with E-state index in [9.17, 15) is 0 Å². The van der Waals surface area contributed by atoms with Gasteiger partial charge in [-0.15, -0.1) is 11.3 Å². The minimum absolute atomic E-state index is 0.124. The lowest BCUT2D eigenvalue weighted by Crippen LogP contribution is -2.17. The zero-order chi connectivity index (χ0) is 14.5. The van der Waals surface area contributed by atoms with Crippen LogP contribution in [0.4, 0.5) is 0 Å². The molecule has 0 fully saturated rings. The summed E-state index contributed by atoms with van der Waals surface area (Å²) in [6.45, 7) is 6.98. The van der Waals surface area contributed by atoms with Gasteiger partial charge in [0.2, 0.25) is 0 Å². The second kappa shape index (κ2) is 6.86. The minimum Gasteiger partial charge on any atom is -0.494 e. The molecule has 1 atom stereocenters. The van der Waals surface area contributed by atoms with Gasteiger partial charge in [-0.1, -0.05) is 19.1 Å². The number of aromatic nitrogens is 1. The molecule has 0 aliphatic carbocycles. The minimum atomic E-state index is 0.124. The van der Waals surface area contributed by atoms with Crippen LogP contribution in [0.3, 0.4) is 0 Å². The summed E-state index contributed by atoms with van der Waals surface area (Å²) in [5, 5.41) is 4.48. The lowest BCUT2D eigenvalue weighted by molar-refractivity contribution is 0.339. The first-order valence-electron chi connectivity index (χ1n) is 7.05. The molecule has 0 saturated carbocycles. The molecule has 20 heavy (non-hydrogen) atoms. The van der Waals surface area contributed by atoms with Gasteiger partial charge in [0, 0.05) is 4.88 Å². The molecule has 0 aliphatic heterocycles. The number of nitrogens with one attached hydrogen (secondary N) is 1. The van der Waals surface area contributed by atoms with E-state index < -0.39 is 0 Å². The number of hydrogen-bond donors (Lipinski definition) is 1. The Labute approximate surface area is 125 Å². The van der Waals surface area contributed by atoms with Gasteiger partial charge in [0.1, 0.15) is 10.8 Å². The SMILES string of the molecule is CCOc1cccc(C(NC)c2nc(CC)c(C)s2)c1. The largest absolute Gasteiger partial charge is 0.494 e. The summed E-state index contributed by atoms with van der Waals surface area (Å²) in [4.78, 5) is 6.08. The standard InChI is InChI=1S/C16H22N2OS/c1-5-14-11(3)20-16(18-14)15(17-4)12-8-7-9-13(10-12)19-6-2/h7-10,15,17H,5-6H2,1-4H3. The van der Waals surface area contributed by atoms with Gasteiger partial charge in [-0.05, 0) is 45.0 Å². The first-order chi connectivity index (χ1) is 9.69. The third-order valence-electron chi connectivity index (χ3n) is 3.28. The van der Waals surface area contributed by atoms with Gasteiger partial charge in [0.25, 0.3) is 0 Å². The molecule has 0 radical (unpaired) electrons. The lowest BCUT2D eigenvalue weighted by atomic mass is 10.1. The van der Waals surface area contributed by atoms with E-state index in [1.807, 2.05) is 26.1 Å². The van der Waals surface area contributed by atoms with Gasteiger partial charge < -0.3 is 10.1 Å². The summed E-state index contributed by atoms with van der Waals surface area (Å²) in [7, 11) is 1.97. The number of nitrogens with zero attached hydrogens (tertiary/aromatic N) is 1. The van der Waals surface area contributed by atoms with Gasteiger partial charge >= 0.3 is 0 Å². The van der Waals surface area contributed by atoms with E-state index >= 15 is 0 Å². The number of aryl methyl sites for hydroxylation is 2. The van der Waals surface area contributed by atoms with E-state index in [0.717, 1.165) is 17.2 Å². The molecule has 1 aromatic heterocycles. The first kappa shape index (κ1) is 15.0. The van der Waals surface area contributed by atoms with Crippen LogP contribution in [0.5, 0.6) is 5.75 Å². The molecule has 1 aromatic carbocycles. The van der Waals surface area contributed by atoms with Crippen LogP contribution in [0.25, 0.3) is 0 Å². The van der Waals surface area contributed by atoms with Gasteiger partial charge in [0.15, 0.2) is 0 Å². The van der Waals surface area contributed by atoms with Crippen molar-refractivity contribution in [2.24, 2.45) is 0 Å². The third-order valence-corrected chi connectivity index (χ3v) is 4.36. The molecule has 0 aliphatic rings. The summed E-state index contributed by atoms with van der Waals surface area (Å²) >= 11 is 1.77. The smallest absolute Gasteiger partial charge is 0.119 e. The van der Waals surface area contributed by atoms with Crippen molar-refractivity contribution in [2.45, 2.75) is 33.2 Å². The second-order valence-corrected chi connectivity index (χ2v) is 5.87. The van der Waals surface area contributed by atoms with Crippen molar-refractivity contribution in [3.8, 4) is 5.75 Å². The van der Waals surface area contributed by atoms with E-state index in [1.165, 1.54) is 16.1 Å². The van der Waals surface area contributed by atoms with Crippen LogP contribution in [0.1, 0.15) is 41.0 Å². The maximum atomic E-state index is 5.58. The van der Waals surface area contributed by atoms with Gasteiger partial charge in [0.05, 0.1) is 18.3 Å². The van der Waals surface area contributed by atoms with Crippen molar-refractivity contribution < 1.29 is 4.74 Å².